The van der Waals surface area contributed by atoms with Crippen LogP contribution in [-0.4, -0.2) is 31.7 Å². The van der Waals surface area contributed by atoms with E-state index >= 15 is 0 Å². The number of rotatable bonds is 8. The summed E-state index contributed by atoms with van der Waals surface area (Å²) in [7, 11) is 2.68. The predicted molar refractivity (Wildman–Crippen MR) is 121 cm³/mol. The van der Waals surface area contributed by atoms with E-state index in [1.165, 1.54) is 20.3 Å². The van der Waals surface area contributed by atoms with Gasteiger partial charge in [0, 0.05) is 30.2 Å². The number of carbonyl (C=O) groups excluding carboxylic acids is 3. The molecule has 0 fully saturated rings. The lowest BCUT2D eigenvalue weighted by Crippen LogP contribution is -2.25. The first kappa shape index (κ1) is 22.7. The second-order valence-corrected chi connectivity index (χ2v) is 7.28. The largest absolute Gasteiger partial charge is 0.489 e. The number of allylic oxidation sites excluding steroid dienone is 2. The van der Waals surface area contributed by atoms with Crippen molar-refractivity contribution in [1.82, 2.24) is 5.32 Å². The Labute approximate surface area is 187 Å². The third-order valence-electron chi connectivity index (χ3n) is 5.19. The van der Waals surface area contributed by atoms with Crippen molar-refractivity contribution < 1.29 is 23.9 Å². The van der Waals surface area contributed by atoms with Gasteiger partial charge < -0.3 is 14.8 Å². The highest BCUT2D eigenvalue weighted by molar-refractivity contribution is 6.23. The van der Waals surface area contributed by atoms with E-state index in [2.05, 4.69) is 5.32 Å². The molecule has 1 N–H and O–H groups in total. The number of Topliss-reactive ketones (excluding diaryl/α,β-unsaturated/α-hetero) is 2. The van der Waals surface area contributed by atoms with Gasteiger partial charge in [0.1, 0.15) is 0 Å². The summed E-state index contributed by atoms with van der Waals surface area (Å²) in [6, 6.07) is 17.1. The van der Waals surface area contributed by atoms with Gasteiger partial charge in [0.2, 0.25) is 29.0 Å². The molecule has 0 radical (unpaired) electrons. The van der Waals surface area contributed by atoms with E-state index < -0.39 is 0 Å². The highest BCUT2D eigenvalue weighted by atomic mass is 16.5. The summed E-state index contributed by atoms with van der Waals surface area (Å²) in [5, 5.41) is 2.84. The first-order valence-corrected chi connectivity index (χ1v) is 10.1. The average molecular weight is 431 g/mol. The second-order valence-electron chi connectivity index (χ2n) is 7.28. The van der Waals surface area contributed by atoms with Gasteiger partial charge in [0.15, 0.2) is 0 Å². The van der Waals surface area contributed by atoms with Crippen LogP contribution in [0.25, 0.3) is 6.08 Å². The van der Waals surface area contributed by atoms with Crippen molar-refractivity contribution in [2.24, 2.45) is 0 Å². The summed E-state index contributed by atoms with van der Waals surface area (Å²) in [6.07, 6.45) is 3.50. The molecule has 32 heavy (non-hydrogen) atoms. The maximum atomic E-state index is 12.8. The summed E-state index contributed by atoms with van der Waals surface area (Å²) in [5.74, 6) is -1.01. The van der Waals surface area contributed by atoms with Crippen molar-refractivity contribution in [2.45, 2.75) is 19.9 Å². The molecule has 6 heteroatoms. The lowest BCUT2D eigenvalue weighted by atomic mass is 9.89. The van der Waals surface area contributed by atoms with Crippen LogP contribution in [0.4, 0.5) is 0 Å². The molecule has 164 valence electrons. The maximum absolute atomic E-state index is 12.8. The van der Waals surface area contributed by atoms with Crippen molar-refractivity contribution in [3.63, 3.8) is 0 Å². The fourth-order valence-electron chi connectivity index (χ4n) is 3.37. The van der Waals surface area contributed by atoms with Gasteiger partial charge in [-0.2, -0.15) is 0 Å². The van der Waals surface area contributed by atoms with Crippen LogP contribution in [0.3, 0.4) is 0 Å². The minimum atomic E-state index is -0.347. The summed E-state index contributed by atoms with van der Waals surface area (Å²) in [4.78, 5) is 37.3. The van der Waals surface area contributed by atoms with E-state index in [-0.39, 0.29) is 29.0 Å². The molecule has 3 rings (SSSR count). The first-order valence-electron chi connectivity index (χ1n) is 10.1. The van der Waals surface area contributed by atoms with Gasteiger partial charge in [-0.15, -0.1) is 0 Å². The molecule has 0 aliphatic heterocycles. The topological polar surface area (TPSA) is 81.7 Å². The number of ketones is 2. The third kappa shape index (κ3) is 5.21. The van der Waals surface area contributed by atoms with E-state index in [0.29, 0.717) is 24.1 Å². The van der Waals surface area contributed by atoms with Crippen molar-refractivity contribution in [3.8, 4) is 0 Å². The number of hydrogen-bond acceptors (Lipinski definition) is 5. The minimum absolute atomic E-state index is 0.0650. The summed E-state index contributed by atoms with van der Waals surface area (Å²) in [5.41, 5.74) is 3.48. The Bertz CT molecular complexity index is 1110. The summed E-state index contributed by atoms with van der Waals surface area (Å²) >= 11 is 0. The molecular weight excluding hydrogens is 406 g/mol. The number of hydrogen-bond donors (Lipinski definition) is 1. The number of nitrogens with one attached hydrogen (secondary N) is 1. The first-order chi connectivity index (χ1) is 15.4. The lowest BCUT2D eigenvalue weighted by molar-refractivity contribution is -0.121. The molecule has 0 bridgehead atoms. The molecule has 1 amide bonds. The van der Waals surface area contributed by atoms with E-state index in [0.717, 1.165) is 16.7 Å². The molecule has 0 spiro atoms. The molecule has 2 aromatic rings. The highest BCUT2D eigenvalue weighted by Crippen LogP contribution is 2.28. The van der Waals surface area contributed by atoms with Crippen LogP contribution in [0, 0.1) is 0 Å². The summed E-state index contributed by atoms with van der Waals surface area (Å²) in [6.45, 7) is 2.08. The lowest BCUT2D eigenvalue weighted by Gasteiger charge is -2.20. The summed E-state index contributed by atoms with van der Waals surface area (Å²) < 4.78 is 10.2. The zero-order valence-corrected chi connectivity index (χ0v) is 18.3. The van der Waals surface area contributed by atoms with Gasteiger partial charge in [-0.05, 0) is 29.7 Å². The van der Waals surface area contributed by atoms with Crippen LogP contribution in [0.2, 0.25) is 0 Å². The van der Waals surface area contributed by atoms with Gasteiger partial charge in [0.05, 0.1) is 14.2 Å². The third-order valence-corrected chi connectivity index (χ3v) is 5.19. The fraction of sp³-hybridized carbons (Fsp3) is 0.192. The molecule has 0 aromatic heterocycles. The highest BCUT2D eigenvalue weighted by Gasteiger charge is 2.34. The van der Waals surface area contributed by atoms with Crippen LogP contribution < -0.4 is 5.32 Å². The molecule has 1 aliphatic rings. The van der Waals surface area contributed by atoms with E-state index in [1.807, 2.05) is 54.6 Å². The quantitative estimate of drug-likeness (QED) is 0.511. The normalized spacial score (nSPS) is 14.2. The Morgan fingerprint density at radius 2 is 1.50 bits per heavy atom. The molecule has 2 aromatic carbocycles. The van der Waals surface area contributed by atoms with Crippen LogP contribution >= 0.6 is 0 Å². The molecule has 0 atom stereocenters. The Balaban J connectivity index is 1.64. The fourth-order valence-corrected chi connectivity index (χ4v) is 3.37. The Hall–Kier alpha value is -3.93. The molecule has 0 heterocycles. The monoisotopic (exact) mass is 431 g/mol. The Morgan fingerprint density at radius 3 is 2.12 bits per heavy atom. The maximum Gasteiger partial charge on any atom is 0.244 e. The standard InChI is InChI=1S/C26H25NO5/c1-17-21(24(30)26(32-3)25(31-2)23(17)29)15-19-11-9-18(10-12-19)13-14-22(28)27-16-20-7-5-4-6-8-20/h4-14H,15-16H2,1-3H3,(H,27,28)/b14-13+. The van der Waals surface area contributed by atoms with Gasteiger partial charge in [-0.25, -0.2) is 0 Å². The van der Waals surface area contributed by atoms with Crippen molar-refractivity contribution in [3.05, 3.63) is 100 Å². The van der Waals surface area contributed by atoms with Gasteiger partial charge in [0.25, 0.3) is 0 Å². The van der Waals surface area contributed by atoms with E-state index in [4.69, 9.17) is 9.47 Å². The molecule has 0 saturated carbocycles. The van der Waals surface area contributed by atoms with Crippen molar-refractivity contribution in [1.29, 1.82) is 0 Å². The average Bonchev–Trinajstić information content (AvgIpc) is 2.82. The molecule has 6 nitrogen and oxygen atoms in total. The van der Waals surface area contributed by atoms with E-state index in [9.17, 15) is 14.4 Å². The van der Waals surface area contributed by atoms with Crippen LogP contribution in [-0.2, 0) is 36.8 Å². The number of methoxy groups -OCH3 is 2. The predicted octanol–water partition coefficient (Wildman–Crippen LogP) is 3.53. The van der Waals surface area contributed by atoms with Crippen LogP contribution in [0.5, 0.6) is 0 Å². The molecule has 0 saturated heterocycles. The van der Waals surface area contributed by atoms with E-state index in [1.54, 1.807) is 13.0 Å². The van der Waals surface area contributed by atoms with Crippen molar-refractivity contribution >= 4 is 23.5 Å². The minimum Gasteiger partial charge on any atom is -0.489 e. The van der Waals surface area contributed by atoms with Gasteiger partial charge in [-0.3, -0.25) is 14.4 Å². The molecule has 1 aliphatic carbocycles. The Morgan fingerprint density at radius 1 is 0.875 bits per heavy atom. The Kier molecular flexibility index (Phi) is 7.39. The zero-order valence-electron chi connectivity index (χ0n) is 18.3. The van der Waals surface area contributed by atoms with Crippen LogP contribution in [0.1, 0.15) is 23.6 Å². The molecular formula is C26H25NO5. The van der Waals surface area contributed by atoms with Crippen LogP contribution in [0.15, 0.2) is 83.3 Å². The number of benzene rings is 2. The number of amides is 1. The van der Waals surface area contributed by atoms with Gasteiger partial charge >= 0.3 is 0 Å². The number of ether oxygens (including phenoxy) is 2. The zero-order chi connectivity index (χ0) is 23.1. The second kappa shape index (κ2) is 10.4. The molecule has 0 unspecified atom stereocenters. The SMILES string of the molecule is COC1=C(OC)C(=O)C(Cc2ccc(/C=C/C(=O)NCc3ccccc3)cc2)=C(C)C1=O. The van der Waals surface area contributed by atoms with Gasteiger partial charge in [-0.1, -0.05) is 54.6 Å². The van der Waals surface area contributed by atoms with Crippen molar-refractivity contribution in [2.75, 3.05) is 14.2 Å². The smallest absolute Gasteiger partial charge is 0.244 e. The number of carbonyl (C=O) groups is 3.